The Morgan fingerprint density at radius 2 is 1.84 bits per heavy atom. The van der Waals surface area contributed by atoms with Gasteiger partial charge in [0.25, 0.3) is 11.7 Å². The summed E-state index contributed by atoms with van der Waals surface area (Å²) in [5.74, 6) is -1.72. The monoisotopic (exact) mass is 451 g/mol. The molecule has 4 rings (SSSR count). The molecule has 3 aromatic rings. The van der Waals surface area contributed by atoms with Gasteiger partial charge in [0.1, 0.15) is 23.4 Å². The molecule has 0 aliphatic carbocycles. The molecule has 1 fully saturated rings. The molecular formula is C25H22FNO4S. The van der Waals surface area contributed by atoms with Gasteiger partial charge < -0.3 is 14.7 Å². The zero-order valence-electron chi connectivity index (χ0n) is 17.9. The van der Waals surface area contributed by atoms with Crippen LogP contribution in [0.1, 0.15) is 33.2 Å². The van der Waals surface area contributed by atoms with Crippen molar-refractivity contribution >= 4 is 28.8 Å². The molecule has 0 radical (unpaired) electrons. The van der Waals surface area contributed by atoms with Gasteiger partial charge >= 0.3 is 0 Å². The SMILES string of the molecule is COc1ccc(C)cc1/C(O)=C1\C(=O)C(=O)N(Cc2ccc(F)cc2)C1c1sccc1C. The molecule has 5 nitrogen and oxygen atoms in total. The predicted octanol–water partition coefficient (Wildman–Crippen LogP) is 5.13. The first kappa shape index (κ1) is 21.8. The average Bonchev–Trinajstić information content (AvgIpc) is 3.30. The molecule has 32 heavy (non-hydrogen) atoms. The Bertz CT molecular complexity index is 1230. The molecule has 1 amide bonds. The molecule has 1 saturated heterocycles. The van der Waals surface area contributed by atoms with E-state index in [1.54, 1.807) is 24.3 Å². The third-order valence-corrected chi connectivity index (χ3v) is 6.64. The molecule has 1 atom stereocenters. The van der Waals surface area contributed by atoms with Crippen LogP contribution in [0.4, 0.5) is 4.39 Å². The van der Waals surface area contributed by atoms with Crippen molar-refractivity contribution in [3.05, 3.63) is 92.4 Å². The van der Waals surface area contributed by atoms with Crippen LogP contribution in [0.15, 0.2) is 59.5 Å². The van der Waals surface area contributed by atoms with E-state index >= 15 is 0 Å². The topological polar surface area (TPSA) is 66.8 Å². The molecule has 0 saturated carbocycles. The smallest absolute Gasteiger partial charge is 0.295 e. The van der Waals surface area contributed by atoms with Gasteiger partial charge in [0.05, 0.1) is 18.2 Å². The van der Waals surface area contributed by atoms with Crippen molar-refractivity contribution in [2.75, 3.05) is 7.11 Å². The number of thiophene rings is 1. The predicted molar refractivity (Wildman–Crippen MR) is 121 cm³/mol. The fourth-order valence-corrected chi connectivity index (χ4v) is 4.97. The molecule has 1 N–H and O–H groups in total. The molecule has 1 aliphatic heterocycles. The molecule has 0 spiro atoms. The van der Waals surface area contributed by atoms with Crippen molar-refractivity contribution in [2.24, 2.45) is 0 Å². The minimum Gasteiger partial charge on any atom is -0.507 e. The van der Waals surface area contributed by atoms with Crippen molar-refractivity contribution in [3.8, 4) is 5.75 Å². The van der Waals surface area contributed by atoms with Gasteiger partial charge in [0.2, 0.25) is 0 Å². The second-order valence-electron chi connectivity index (χ2n) is 7.73. The van der Waals surface area contributed by atoms with Crippen molar-refractivity contribution in [2.45, 2.75) is 26.4 Å². The first-order valence-corrected chi connectivity index (χ1v) is 10.9. The van der Waals surface area contributed by atoms with Crippen LogP contribution in [0, 0.1) is 19.7 Å². The van der Waals surface area contributed by atoms with Gasteiger partial charge in [-0.2, -0.15) is 0 Å². The van der Waals surface area contributed by atoms with E-state index in [0.29, 0.717) is 16.9 Å². The number of ether oxygens (including phenoxy) is 1. The maximum atomic E-state index is 13.4. The van der Waals surface area contributed by atoms with Gasteiger partial charge in [0.15, 0.2) is 0 Å². The van der Waals surface area contributed by atoms with E-state index in [9.17, 15) is 19.1 Å². The molecule has 164 valence electrons. The van der Waals surface area contributed by atoms with E-state index in [4.69, 9.17) is 4.74 Å². The summed E-state index contributed by atoms with van der Waals surface area (Å²) in [6.07, 6.45) is 0. The van der Waals surface area contributed by atoms with Crippen molar-refractivity contribution < 1.29 is 23.8 Å². The lowest BCUT2D eigenvalue weighted by Crippen LogP contribution is -2.29. The third-order valence-electron chi connectivity index (χ3n) is 5.57. The lowest BCUT2D eigenvalue weighted by Gasteiger charge is -2.25. The number of hydrogen-bond acceptors (Lipinski definition) is 5. The molecule has 2 heterocycles. The number of likely N-dealkylation sites (tertiary alicyclic amines) is 1. The van der Waals surface area contributed by atoms with Crippen LogP contribution >= 0.6 is 11.3 Å². The van der Waals surface area contributed by atoms with E-state index in [-0.39, 0.29) is 23.7 Å². The lowest BCUT2D eigenvalue weighted by atomic mass is 9.97. The van der Waals surface area contributed by atoms with E-state index in [0.717, 1.165) is 16.0 Å². The largest absolute Gasteiger partial charge is 0.507 e. The van der Waals surface area contributed by atoms with Crippen LogP contribution in [0.2, 0.25) is 0 Å². The Labute approximate surface area is 189 Å². The Balaban J connectivity index is 1.89. The zero-order valence-corrected chi connectivity index (χ0v) is 18.7. The van der Waals surface area contributed by atoms with Crippen molar-refractivity contribution in [3.63, 3.8) is 0 Å². The number of halogens is 1. The Kier molecular flexibility index (Phi) is 5.84. The maximum Gasteiger partial charge on any atom is 0.295 e. The molecule has 1 aliphatic rings. The normalized spacial score (nSPS) is 17.8. The minimum absolute atomic E-state index is 0.0200. The van der Waals surface area contributed by atoms with Crippen LogP contribution < -0.4 is 4.74 Å². The van der Waals surface area contributed by atoms with Crippen molar-refractivity contribution in [1.29, 1.82) is 0 Å². The third kappa shape index (κ3) is 3.80. The van der Waals surface area contributed by atoms with Gasteiger partial charge in [0, 0.05) is 11.4 Å². The summed E-state index contributed by atoms with van der Waals surface area (Å²) in [6, 6.07) is 12.2. The minimum atomic E-state index is -0.759. The van der Waals surface area contributed by atoms with E-state index in [1.165, 1.54) is 35.5 Å². The highest BCUT2D eigenvalue weighted by molar-refractivity contribution is 7.10. The zero-order chi connectivity index (χ0) is 23.0. The summed E-state index contributed by atoms with van der Waals surface area (Å²) in [5, 5.41) is 13.2. The average molecular weight is 452 g/mol. The van der Waals surface area contributed by atoms with Gasteiger partial charge in [-0.05, 0) is 60.7 Å². The summed E-state index contributed by atoms with van der Waals surface area (Å²) in [4.78, 5) is 28.5. The van der Waals surface area contributed by atoms with Gasteiger partial charge in [-0.1, -0.05) is 23.8 Å². The number of aliphatic hydroxyl groups is 1. The van der Waals surface area contributed by atoms with Gasteiger partial charge in [-0.3, -0.25) is 9.59 Å². The van der Waals surface area contributed by atoms with E-state index < -0.39 is 17.7 Å². The van der Waals surface area contributed by atoms with E-state index in [2.05, 4.69) is 0 Å². The van der Waals surface area contributed by atoms with Crippen LogP contribution in [-0.4, -0.2) is 28.8 Å². The summed E-state index contributed by atoms with van der Waals surface area (Å²) in [7, 11) is 1.48. The number of carbonyl (C=O) groups excluding carboxylic acids is 2. The van der Waals surface area contributed by atoms with Crippen LogP contribution in [-0.2, 0) is 16.1 Å². The summed E-state index contributed by atoms with van der Waals surface area (Å²) >= 11 is 1.41. The summed E-state index contributed by atoms with van der Waals surface area (Å²) < 4.78 is 18.8. The van der Waals surface area contributed by atoms with Crippen LogP contribution in [0.3, 0.4) is 0 Å². The second kappa shape index (κ2) is 8.59. The maximum absolute atomic E-state index is 13.4. The molecular weight excluding hydrogens is 429 g/mol. The number of Topliss-reactive ketones (excluding diaryl/α,β-unsaturated/α-hetero) is 1. The number of benzene rings is 2. The number of aliphatic hydroxyl groups excluding tert-OH is 1. The number of carbonyl (C=O) groups is 2. The highest BCUT2D eigenvalue weighted by Crippen LogP contribution is 2.44. The van der Waals surface area contributed by atoms with Gasteiger partial charge in [-0.25, -0.2) is 4.39 Å². The standard InChI is InChI=1S/C25H22FNO4S/c1-14-4-9-19(31-3)18(12-14)22(28)20-21(24-15(2)10-11-32-24)27(25(30)23(20)29)13-16-5-7-17(26)8-6-16/h4-12,21,28H,13H2,1-3H3/b22-20+. The molecule has 1 unspecified atom stereocenters. The molecule has 2 aromatic carbocycles. The number of rotatable bonds is 5. The van der Waals surface area contributed by atoms with Crippen molar-refractivity contribution in [1.82, 2.24) is 4.90 Å². The number of hydrogen-bond donors (Lipinski definition) is 1. The molecule has 1 aromatic heterocycles. The number of nitrogens with zero attached hydrogens (tertiary/aromatic N) is 1. The van der Waals surface area contributed by atoms with Crippen LogP contribution in [0.5, 0.6) is 5.75 Å². The Morgan fingerprint density at radius 3 is 2.47 bits per heavy atom. The molecule has 0 bridgehead atoms. The summed E-state index contributed by atoms with van der Waals surface area (Å²) in [6.45, 7) is 3.87. The Hall–Kier alpha value is -3.45. The lowest BCUT2D eigenvalue weighted by molar-refractivity contribution is -0.140. The van der Waals surface area contributed by atoms with Gasteiger partial charge in [-0.15, -0.1) is 11.3 Å². The van der Waals surface area contributed by atoms with E-state index in [1.807, 2.05) is 31.4 Å². The second-order valence-corrected chi connectivity index (χ2v) is 8.67. The fourth-order valence-electron chi connectivity index (χ4n) is 3.92. The number of aryl methyl sites for hydroxylation is 2. The number of amides is 1. The summed E-state index contributed by atoms with van der Waals surface area (Å²) in [5.41, 5.74) is 2.84. The Morgan fingerprint density at radius 1 is 1.12 bits per heavy atom. The van der Waals surface area contributed by atoms with Crippen LogP contribution in [0.25, 0.3) is 5.76 Å². The molecule has 7 heteroatoms. The number of methoxy groups -OCH3 is 1. The number of ketones is 1. The quantitative estimate of drug-likeness (QED) is 0.332. The first-order valence-electron chi connectivity index (χ1n) is 10.0. The highest BCUT2D eigenvalue weighted by Gasteiger charge is 2.47. The highest BCUT2D eigenvalue weighted by atomic mass is 32.1. The fraction of sp³-hybridized carbons (Fsp3) is 0.200. The first-order chi connectivity index (χ1) is 15.3.